The first-order valence-electron chi connectivity index (χ1n) is 5.27. The molecule has 0 fully saturated rings. The second-order valence-electron chi connectivity index (χ2n) is 3.75. The molecule has 0 aliphatic heterocycles. The molecular weight excluding hydrogens is 222 g/mol. The van der Waals surface area contributed by atoms with Crippen molar-refractivity contribution in [3.05, 3.63) is 59.0 Å². The summed E-state index contributed by atoms with van der Waals surface area (Å²) in [5, 5.41) is 4.14. The van der Waals surface area contributed by atoms with Crippen LogP contribution in [-0.4, -0.2) is 0 Å². The molecule has 2 nitrogen and oxygen atoms in total. The van der Waals surface area contributed by atoms with Gasteiger partial charge >= 0.3 is 0 Å². The summed E-state index contributed by atoms with van der Waals surface area (Å²) in [6.45, 7) is 2.85. The predicted molar refractivity (Wildman–Crippen MR) is 65.4 cm³/mol. The summed E-state index contributed by atoms with van der Waals surface area (Å²) in [4.78, 5) is 0. The molecule has 0 aliphatic rings. The largest absolute Gasteiger partial charge is 0.468 e. The van der Waals surface area contributed by atoms with Gasteiger partial charge in [-0.1, -0.05) is 23.7 Å². The fourth-order valence-corrected chi connectivity index (χ4v) is 1.77. The van der Waals surface area contributed by atoms with Crippen molar-refractivity contribution in [3.63, 3.8) is 0 Å². The van der Waals surface area contributed by atoms with Gasteiger partial charge in [0.25, 0.3) is 0 Å². The van der Waals surface area contributed by atoms with Crippen LogP contribution in [0.25, 0.3) is 0 Å². The van der Waals surface area contributed by atoms with Crippen LogP contribution >= 0.6 is 11.6 Å². The van der Waals surface area contributed by atoms with Crippen LogP contribution in [0.15, 0.2) is 47.1 Å². The Balaban J connectivity index is 1.92. The summed E-state index contributed by atoms with van der Waals surface area (Å²) in [6.07, 6.45) is 1.69. The van der Waals surface area contributed by atoms with Crippen molar-refractivity contribution in [2.75, 3.05) is 0 Å². The molecule has 2 aromatic rings. The van der Waals surface area contributed by atoms with Crippen molar-refractivity contribution in [2.24, 2.45) is 0 Å². The number of halogens is 1. The molecule has 84 valence electrons. The molecule has 0 spiro atoms. The summed E-state index contributed by atoms with van der Waals surface area (Å²) >= 11 is 5.91. The van der Waals surface area contributed by atoms with Gasteiger partial charge in [0.2, 0.25) is 0 Å². The molecule has 1 atom stereocenters. The minimum absolute atomic E-state index is 0.203. The summed E-state index contributed by atoms with van der Waals surface area (Å²) in [5.74, 6) is 0.946. The average Bonchev–Trinajstić information content (AvgIpc) is 2.79. The van der Waals surface area contributed by atoms with E-state index < -0.39 is 0 Å². The molecular formula is C13H14ClNO. The standard InChI is InChI=1S/C13H14ClNO/c1-10(13-6-3-7-16-13)15-9-11-4-2-5-12(14)8-11/h2-8,10,15H,9H2,1H3. The zero-order valence-corrected chi connectivity index (χ0v) is 9.87. The first kappa shape index (κ1) is 11.2. The Morgan fingerprint density at radius 1 is 1.31 bits per heavy atom. The maximum absolute atomic E-state index is 5.91. The highest BCUT2D eigenvalue weighted by Crippen LogP contribution is 2.14. The zero-order valence-electron chi connectivity index (χ0n) is 9.11. The van der Waals surface area contributed by atoms with Gasteiger partial charge in [0.1, 0.15) is 5.76 Å². The third kappa shape index (κ3) is 2.87. The van der Waals surface area contributed by atoms with Crippen molar-refractivity contribution in [3.8, 4) is 0 Å². The van der Waals surface area contributed by atoms with Gasteiger partial charge in [-0.15, -0.1) is 0 Å². The van der Waals surface area contributed by atoms with E-state index in [0.29, 0.717) is 0 Å². The van der Waals surface area contributed by atoms with E-state index >= 15 is 0 Å². The number of furan rings is 1. The first-order valence-corrected chi connectivity index (χ1v) is 5.65. The average molecular weight is 236 g/mol. The van der Waals surface area contributed by atoms with Crippen LogP contribution in [0.3, 0.4) is 0 Å². The lowest BCUT2D eigenvalue weighted by Crippen LogP contribution is -2.17. The Kier molecular flexibility index (Phi) is 3.65. The minimum Gasteiger partial charge on any atom is -0.468 e. The van der Waals surface area contributed by atoms with Crippen molar-refractivity contribution in [1.82, 2.24) is 5.32 Å². The normalized spacial score (nSPS) is 12.6. The maximum atomic E-state index is 5.91. The second-order valence-corrected chi connectivity index (χ2v) is 4.18. The maximum Gasteiger partial charge on any atom is 0.120 e. The molecule has 16 heavy (non-hydrogen) atoms. The highest BCUT2D eigenvalue weighted by molar-refractivity contribution is 6.30. The van der Waals surface area contributed by atoms with E-state index in [1.165, 1.54) is 5.56 Å². The lowest BCUT2D eigenvalue weighted by atomic mass is 10.2. The van der Waals surface area contributed by atoms with E-state index in [2.05, 4.69) is 12.2 Å². The monoisotopic (exact) mass is 235 g/mol. The predicted octanol–water partition coefficient (Wildman–Crippen LogP) is 3.78. The van der Waals surface area contributed by atoms with Crippen LogP contribution in [0, 0.1) is 0 Å². The lowest BCUT2D eigenvalue weighted by molar-refractivity contribution is 0.430. The Bertz CT molecular complexity index is 439. The van der Waals surface area contributed by atoms with Crippen LogP contribution < -0.4 is 5.32 Å². The molecule has 0 aliphatic carbocycles. The molecule has 1 unspecified atom stereocenters. The Morgan fingerprint density at radius 3 is 2.88 bits per heavy atom. The topological polar surface area (TPSA) is 25.2 Å². The van der Waals surface area contributed by atoms with Crippen molar-refractivity contribution in [1.29, 1.82) is 0 Å². The van der Waals surface area contributed by atoms with Crippen LogP contribution in [0.4, 0.5) is 0 Å². The minimum atomic E-state index is 0.203. The Morgan fingerprint density at radius 2 is 2.19 bits per heavy atom. The van der Waals surface area contributed by atoms with Crippen molar-refractivity contribution >= 4 is 11.6 Å². The molecule has 1 aromatic carbocycles. The smallest absolute Gasteiger partial charge is 0.120 e. The molecule has 0 radical (unpaired) electrons. The SMILES string of the molecule is CC(NCc1cccc(Cl)c1)c1ccco1. The van der Waals surface area contributed by atoms with Gasteiger partial charge < -0.3 is 9.73 Å². The molecule has 0 bridgehead atoms. The number of nitrogens with one attached hydrogen (secondary N) is 1. The second kappa shape index (κ2) is 5.19. The van der Waals surface area contributed by atoms with E-state index in [4.69, 9.17) is 16.0 Å². The van der Waals surface area contributed by atoms with Crippen LogP contribution in [0.1, 0.15) is 24.3 Å². The zero-order chi connectivity index (χ0) is 11.4. The van der Waals surface area contributed by atoms with Crippen molar-refractivity contribution < 1.29 is 4.42 Å². The molecule has 3 heteroatoms. The molecule has 1 N–H and O–H groups in total. The molecule has 1 heterocycles. The fourth-order valence-electron chi connectivity index (χ4n) is 1.56. The summed E-state index contributed by atoms with van der Waals surface area (Å²) in [7, 11) is 0. The van der Waals surface area contributed by atoms with Gasteiger partial charge in [0.05, 0.1) is 12.3 Å². The van der Waals surface area contributed by atoms with Crippen LogP contribution in [0.5, 0.6) is 0 Å². The summed E-state index contributed by atoms with van der Waals surface area (Å²) in [5.41, 5.74) is 1.17. The summed E-state index contributed by atoms with van der Waals surface area (Å²) < 4.78 is 5.32. The van der Waals surface area contributed by atoms with E-state index in [-0.39, 0.29) is 6.04 Å². The Labute approximate surface area is 100 Å². The van der Waals surface area contributed by atoms with Gasteiger partial charge in [-0.25, -0.2) is 0 Å². The Hall–Kier alpha value is -1.25. The van der Waals surface area contributed by atoms with Gasteiger partial charge in [-0.3, -0.25) is 0 Å². The number of rotatable bonds is 4. The molecule has 2 rings (SSSR count). The van der Waals surface area contributed by atoms with Gasteiger partial charge in [0, 0.05) is 11.6 Å². The highest BCUT2D eigenvalue weighted by atomic mass is 35.5. The van der Waals surface area contributed by atoms with Gasteiger partial charge in [-0.05, 0) is 36.8 Å². The molecule has 0 saturated carbocycles. The van der Waals surface area contributed by atoms with E-state index in [1.807, 2.05) is 36.4 Å². The number of benzene rings is 1. The van der Waals surface area contributed by atoms with E-state index in [1.54, 1.807) is 6.26 Å². The number of hydrogen-bond acceptors (Lipinski definition) is 2. The van der Waals surface area contributed by atoms with Crippen LogP contribution in [0.2, 0.25) is 5.02 Å². The van der Waals surface area contributed by atoms with Gasteiger partial charge in [0.15, 0.2) is 0 Å². The van der Waals surface area contributed by atoms with E-state index in [9.17, 15) is 0 Å². The third-order valence-electron chi connectivity index (χ3n) is 2.47. The third-order valence-corrected chi connectivity index (χ3v) is 2.71. The fraction of sp³-hybridized carbons (Fsp3) is 0.231. The first-order chi connectivity index (χ1) is 7.75. The summed E-state index contributed by atoms with van der Waals surface area (Å²) in [6, 6.07) is 11.9. The molecule has 0 saturated heterocycles. The highest BCUT2D eigenvalue weighted by Gasteiger charge is 2.06. The van der Waals surface area contributed by atoms with Crippen molar-refractivity contribution in [2.45, 2.75) is 19.5 Å². The van der Waals surface area contributed by atoms with E-state index in [0.717, 1.165) is 17.3 Å². The quantitative estimate of drug-likeness (QED) is 0.873. The molecule has 1 aromatic heterocycles. The molecule has 0 amide bonds. The number of hydrogen-bond donors (Lipinski definition) is 1. The van der Waals surface area contributed by atoms with Gasteiger partial charge in [-0.2, -0.15) is 0 Å². The lowest BCUT2D eigenvalue weighted by Gasteiger charge is -2.11. The van der Waals surface area contributed by atoms with Crippen LogP contribution in [-0.2, 0) is 6.54 Å².